The Bertz CT molecular complexity index is 476. The van der Waals surface area contributed by atoms with Crippen LogP contribution in [0.3, 0.4) is 0 Å². The van der Waals surface area contributed by atoms with Crippen molar-refractivity contribution in [3.8, 4) is 0 Å². The first kappa shape index (κ1) is 11.4. The van der Waals surface area contributed by atoms with E-state index in [0.717, 1.165) is 6.42 Å². The number of para-hydroxylation sites is 1. The van der Waals surface area contributed by atoms with Gasteiger partial charge in [0.25, 0.3) is 0 Å². The molecule has 6 heteroatoms. The van der Waals surface area contributed by atoms with Crippen LogP contribution >= 0.6 is 0 Å². The molecule has 1 heterocycles. The Labute approximate surface area is 97.4 Å². The van der Waals surface area contributed by atoms with Crippen molar-refractivity contribution < 1.29 is 14.0 Å². The van der Waals surface area contributed by atoms with Crippen LogP contribution in [-0.2, 0) is 4.79 Å². The van der Waals surface area contributed by atoms with Gasteiger partial charge in [0.15, 0.2) is 0 Å². The van der Waals surface area contributed by atoms with E-state index in [0.29, 0.717) is 18.7 Å². The van der Waals surface area contributed by atoms with Gasteiger partial charge in [0.05, 0.1) is 5.69 Å². The summed E-state index contributed by atoms with van der Waals surface area (Å²) in [6.45, 7) is 0.524. The lowest BCUT2D eigenvalue weighted by Crippen LogP contribution is -2.27. The van der Waals surface area contributed by atoms with E-state index < -0.39 is 11.8 Å². The third-order valence-electron chi connectivity index (χ3n) is 2.60. The van der Waals surface area contributed by atoms with Crippen molar-refractivity contribution in [2.24, 2.45) is 5.73 Å². The number of nitrogens with zero attached hydrogens (tertiary/aromatic N) is 1. The standard InChI is InChI=1S/C11H12FN3O2/c12-7-3-1-4-8(10(7)14-11(13)17)15-6-2-5-9(15)16/h1,3-4H,2,5-6H2,(H3,13,14,17). The van der Waals surface area contributed by atoms with Gasteiger partial charge in [-0.3, -0.25) is 4.79 Å². The summed E-state index contributed by atoms with van der Waals surface area (Å²) in [4.78, 5) is 23.8. The molecule has 0 aliphatic carbocycles. The molecule has 2 rings (SSSR count). The maximum Gasteiger partial charge on any atom is 0.316 e. The Kier molecular flexibility index (Phi) is 2.95. The van der Waals surface area contributed by atoms with Gasteiger partial charge in [-0.1, -0.05) is 6.07 Å². The number of rotatable bonds is 2. The van der Waals surface area contributed by atoms with E-state index >= 15 is 0 Å². The zero-order valence-corrected chi connectivity index (χ0v) is 9.07. The van der Waals surface area contributed by atoms with Gasteiger partial charge in [-0.2, -0.15) is 0 Å². The molecule has 3 amide bonds. The van der Waals surface area contributed by atoms with Gasteiger partial charge >= 0.3 is 6.03 Å². The van der Waals surface area contributed by atoms with E-state index in [4.69, 9.17) is 5.73 Å². The number of hydrogen-bond acceptors (Lipinski definition) is 2. The first-order chi connectivity index (χ1) is 8.09. The number of primary amides is 1. The molecule has 1 aliphatic heterocycles. The Hall–Kier alpha value is -2.11. The first-order valence-electron chi connectivity index (χ1n) is 5.25. The Morgan fingerprint density at radius 2 is 2.24 bits per heavy atom. The van der Waals surface area contributed by atoms with E-state index in [1.807, 2.05) is 0 Å². The van der Waals surface area contributed by atoms with Crippen LogP contribution in [0, 0.1) is 5.82 Å². The molecular weight excluding hydrogens is 225 g/mol. The summed E-state index contributed by atoms with van der Waals surface area (Å²) in [5.41, 5.74) is 5.28. The normalized spacial score (nSPS) is 15.1. The SMILES string of the molecule is NC(=O)Nc1c(F)cccc1N1CCCC1=O. The van der Waals surface area contributed by atoms with Gasteiger partial charge in [-0.05, 0) is 18.6 Å². The fourth-order valence-electron chi connectivity index (χ4n) is 1.89. The highest BCUT2D eigenvalue weighted by atomic mass is 19.1. The summed E-state index contributed by atoms with van der Waals surface area (Å²) < 4.78 is 13.6. The number of nitrogens with one attached hydrogen (secondary N) is 1. The van der Waals surface area contributed by atoms with Gasteiger partial charge in [0.2, 0.25) is 5.91 Å². The van der Waals surface area contributed by atoms with Crippen LogP contribution in [0.15, 0.2) is 18.2 Å². The minimum Gasteiger partial charge on any atom is -0.351 e. The highest BCUT2D eigenvalue weighted by Gasteiger charge is 2.25. The fourth-order valence-corrected chi connectivity index (χ4v) is 1.89. The topological polar surface area (TPSA) is 75.4 Å². The second-order valence-electron chi connectivity index (χ2n) is 3.77. The molecule has 1 saturated heterocycles. The molecule has 0 bridgehead atoms. The van der Waals surface area contributed by atoms with Crippen LogP contribution in [-0.4, -0.2) is 18.5 Å². The highest BCUT2D eigenvalue weighted by molar-refractivity contribution is 6.01. The molecule has 0 saturated carbocycles. The van der Waals surface area contributed by atoms with Gasteiger partial charge in [-0.15, -0.1) is 0 Å². The molecule has 1 fully saturated rings. The zero-order chi connectivity index (χ0) is 12.4. The number of benzene rings is 1. The largest absolute Gasteiger partial charge is 0.351 e. The summed E-state index contributed by atoms with van der Waals surface area (Å²) in [5, 5.41) is 2.21. The van der Waals surface area contributed by atoms with Gasteiger partial charge in [0.1, 0.15) is 11.5 Å². The number of carbonyl (C=O) groups excluding carboxylic acids is 2. The van der Waals surface area contributed by atoms with Crippen molar-refractivity contribution in [3.05, 3.63) is 24.0 Å². The molecule has 1 aromatic carbocycles. The summed E-state index contributed by atoms with van der Waals surface area (Å²) in [6.07, 6.45) is 1.16. The highest BCUT2D eigenvalue weighted by Crippen LogP contribution is 2.31. The number of anilines is 2. The van der Waals surface area contributed by atoms with Crippen molar-refractivity contribution in [1.29, 1.82) is 0 Å². The number of carbonyl (C=O) groups is 2. The van der Waals surface area contributed by atoms with E-state index in [2.05, 4.69) is 5.32 Å². The average molecular weight is 237 g/mol. The predicted molar refractivity (Wildman–Crippen MR) is 61.2 cm³/mol. The molecule has 5 nitrogen and oxygen atoms in total. The van der Waals surface area contributed by atoms with Crippen molar-refractivity contribution >= 4 is 23.3 Å². The lowest BCUT2D eigenvalue weighted by atomic mass is 10.2. The Balaban J connectivity index is 2.41. The molecule has 1 aliphatic rings. The molecule has 0 unspecified atom stereocenters. The van der Waals surface area contributed by atoms with E-state index in [1.54, 1.807) is 6.07 Å². The minimum atomic E-state index is -0.858. The second-order valence-corrected chi connectivity index (χ2v) is 3.77. The van der Waals surface area contributed by atoms with Crippen LogP contribution < -0.4 is 16.0 Å². The van der Waals surface area contributed by atoms with E-state index in [9.17, 15) is 14.0 Å². The number of nitrogens with two attached hydrogens (primary N) is 1. The average Bonchev–Trinajstić information content (AvgIpc) is 2.67. The Morgan fingerprint density at radius 1 is 1.47 bits per heavy atom. The maximum atomic E-state index is 13.6. The van der Waals surface area contributed by atoms with Crippen LogP contribution in [0.2, 0.25) is 0 Å². The third-order valence-corrected chi connectivity index (χ3v) is 2.60. The quantitative estimate of drug-likeness (QED) is 0.816. The van der Waals surface area contributed by atoms with E-state index in [-0.39, 0.29) is 11.6 Å². The van der Waals surface area contributed by atoms with Crippen LogP contribution in [0.25, 0.3) is 0 Å². The number of amides is 3. The smallest absolute Gasteiger partial charge is 0.316 e. The summed E-state index contributed by atoms with van der Waals surface area (Å²) in [5.74, 6) is -0.691. The summed E-state index contributed by atoms with van der Waals surface area (Å²) in [7, 11) is 0. The van der Waals surface area contributed by atoms with Crippen LogP contribution in [0.4, 0.5) is 20.6 Å². The number of halogens is 1. The minimum absolute atomic E-state index is 0.0461. The molecular formula is C11H12FN3O2. The first-order valence-corrected chi connectivity index (χ1v) is 5.25. The summed E-state index contributed by atoms with van der Waals surface area (Å²) >= 11 is 0. The van der Waals surface area contributed by atoms with Crippen LogP contribution in [0.1, 0.15) is 12.8 Å². The molecule has 0 spiro atoms. The second kappa shape index (κ2) is 4.40. The van der Waals surface area contributed by atoms with Gasteiger partial charge in [-0.25, -0.2) is 9.18 Å². The molecule has 0 radical (unpaired) electrons. The molecule has 3 N–H and O–H groups in total. The molecule has 90 valence electrons. The molecule has 17 heavy (non-hydrogen) atoms. The molecule has 0 aromatic heterocycles. The number of hydrogen-bond donors (Lipinski definition) is 2. The third kappa shape index (κ3) is 2.20. The monoisotopic (exact) mass is 237 g/mol. The van der Waals surface area contributed by atoms with Crippen molar-refractivity contribution in [2.45, 2.75) is 12.8 Å². The van der Waals surface area contributed by atoms with Gasteiger partial charge in [0, 0.05) is 13.0 Å². The molecule has 0 atom stereocenters. The van der Waals surface area contributed by atoms with Crippen molar-refractivity contribution in [3.63, 3.8) is 0 Å². The Morgan fingerprint density at radius 3 is 2.82 bits per heavy atom. The lowest BCUT2D eigenvalue weighted by molar-refractivity contribution is -0.117. The number of urea groups is 1. The van der Waals surface area contributed by atoms with Crippen molar-refractivity contribution in [2.75, 3.05) is 16.8 Å². The van der Waals surface area contributed by atoms with E-state index in [1.165, 1.54) is 17.0 Å². The summed E-state index contributed by atoms with van der Waals surface area (Å²) in [6, 6.07) is 3.41. The van der Waals surface area contributed by atoms with Crippen LogP contribution in [0.5, 0.6) is 0 Å². The van der Waals surface area contributed by atoms with Crippen molar-refractivity contribution in [1.82, 2.24) is 0 Å². The maximum absolute atomic E-state index is 13.6. The lowest BCUT2D eigenvalue weighted by Gasteiger charge is -2.19. The predicted octanol–water partition coefficient (Wildman–Crippen LogP) is 1.44. The van der Waals surface area contributed by atoms with Gasteiger partial charge < -0.3 is 16.0 Å². The zero-order valence-electron chi connectivity index (χ0n) is 9.07. The fraction of sp³-hybridized carbons (Fsp3) is 0.273. The molecule has 1 aromatic rings.